The van der Waals surface area contributed by atoms with Gasteiger partial charge in [-0.1, -0.05) is 35.9 Å². The molecular formula is C27H31N3O4S. The first-order chi connectivity index (χ1) is 16.5. The molecule has 2 amide bonds. The van der Waals surface area contributed by atoms with Gasteiger partial charge in [0.1, 0.15) is 0 Å². The van der Waals surface area contributed by atoms with Crippen LogP contribution in [0, 0.1) is 6.92 Å². The predicted octanol–water partition coefficient (Wildman–Crippen LogP) is 4.23. The van der Waals surface area contributed by atoms with Crippen molar-refractivity contribution in [1.29, 1.82) is 0 Å². The minimum Gasteiger partial charge on any atom is -0.348 e. The number of nitrogens with one attached hydrogen (secondary N) is 1. The second kappa shape index (κ2) is 10.7. The molecule has 184 valence electrons. The molecule has 0 aromatic heterocycles. The maximum atomic E-state index is 13.1. The van der Waals surface area contributed by atoms with E-state index in [0.29, 0.717) is 11.3 Å². The van der Waals surface area contributed by atoms with E-state index >= 15 is 0 Å². The summed E-state index contributed by atoms with van der Waals surface area (Å²) in [5, 5.41) is 2.81. The van der Waals surface area contributed by atoms with E-state index in [1.54, 1.807) is 60.5 Å². The van der Waals surface area contributed by atoms with E-state index in [9.17, 15) is 18.0 Å². The third-order valence-corrected chi connectivity index (χ3v) is 7.68. The molecule has 0 fully saturated rings. The first-order valence-electron chi connectivity index (χ1n) is 11.3. The standard InChI is InChI=1S/C27H31N3O4S/c1-19(2)29(4)27(32)22-13-11-21(12-14-22)18-28-26(31)23-7-6-8-25(17-23)35(33,34)30(5)24-15-9-20(3)10-16-24/h6-17,19H,18H2,1-5H3,(H,28,31). The van der Waals surface area contributed by atoms with E-state index in [4.69, 9.17) is 0 Å². The van der Waals surface area contributed by atoms with Crippen LogP contribution in [-0.4, -0.2) is 45.3 Å². The summed E-state index contributed by atoms with van der Waals surface area (Å²) in [5.74, 6) is -0.455. The lowest BCUT2D eigenvalue weighted by Crippen LogP contribution is -2.32. The lowest BCUT2D eigenvalue weighted by Gasteiger charge is -2.21. The molecular weight excluding hydrogens is 462 g/mol. The topological polar surface area (TPSA) is 86.8 Å². The number of anilines is 1. The minimum absolute atomic E-state index is 0.0327. The van der Waals surface area contributed by atoms with Crippen LogP contribution in [0.3, 0.4) is 0 Å². The fourth-order valence-electron chi connectivity index (χ4n) is 3.34. The summed E-state index contributed by atoms with van der Waals surface area (Å²) in [6.07, 6.45) is 0. The van der Waals surface area contributed by atoms with Crippen LogP contribution in [0.25, 0.3) is 0 Å². The van der Waals surface area contributed by atoms with Crippen LogP contribution < -0.4 is 9.62 Å². The van der Waals surface area contributed by atoms with E-state index in [-0.39, 0.29) is 34.9 Å². The molecule has 0 atom stereocenters. The fraction of sp³-hybridized carbons (Fsp3) is 0.259. The van der Waals surface area contributed by atoms with Gasteiger partial charge in [-0.2, -0.15) is 0 Å². The van der Waals surface area contributed by atoms with Gasteiger partial charge in [-0.3, -0.25) is 13.9 Å². The molecule has 0 saturated carbocycles. The highest BCUT2D eigenvalue weighted by Gasteiger charge is 2.22. The number of carbonyl (C=O) groups excluding carboxylic acids is 2. The van der Waals surface area contributed by atoms with Gasteiger partial charge < -0.3 is 10.2 Å². The molecule has 1 N–H and O–H groups in total. The number of hydrogen-bond donors (Lipinski definition) is 1. The van der Waals surface area contributed by atoms with Crippen molar-refractivity contribution in [1.82, 2.24) is 10.2 Å². The van der Waals surface area contributed by atoms with E-state index in [1.165, 1.54) is 23.5 Å². The smallest absolute Gasteiger partial charge is 0.264 e. The van der Waals surface area contributed by atoms with Crippen LogP contribution in [0.15, 0.2) is 77.7 Å². The number of aryl methyl sites for hydroxylation is 1. The van der Waals surface area contributed by atoms with Gasteiger partial charge in [0.15, 0.2) is 0 Å². The molecule has 0 saturated heterocycles. The molecule has 0 aliphatic heterocycles. The van der Waals surface area contributed by atoms with Gasteiger partial charge in [-0.25, -0.2) is 8.42 Å². The Kier molecular flexibility index (Phi) is 7.96. The Bertz CT molecular complexity index is 1300. The Morgan fingerprint density at radius 2 is 1.51 bits per heavy atom. The average molecular weight is 494 g/mol. The fourth-order valence-corrected chi connectivity index (χ4v) is 4.58. The SMILES string of the molecule is Cc1ccc(N(C)S(=O)(=O)c2cccc(C(=O)NCc3ccc(C(=O)N(C)C(C)C)cc3)c2)cc1. The second-order valence-electron chi connectivity index (χ2n) is 8.73. The van der Waals surface area contributed by atoms with Crippen LogP contribution >= 0.6 is 0 Å². The van der Waals surface area contributed by atoms with Crippen molar-refractivity contribution >= 4 is 27.5 Å². The number of nitrogens with zero attached hydrogens (tertiary/aromatic N) is 2. The Labute approximate surface area is 207 Å². The highest BCUT2D eigenvalue weighted by Crippen LogP contribution is 2.23. The summed E-state index contributed by atoms with van der Waals surface area (Å²) >= 11 is 0. The zero-order chi connectivity index (χ0) is 25.8. The zero-order valence-electron chi connectivity index (χ0n) is 20.6. The van der Waals surface area contributed by atoms with E-state index in [2.05, 4.69) is 5.32 Å². The summed E-state index contributed by atoms with van der Waals surface area (Å²) in [6.45, 7) is 6.07. The molecule has 0 aliphatic carbocycles. The van der Waals surface area contributed by atoms with Gasteiger partial charge in [-0.15, -0.1) is 0 Å². The van der Waals surface area contributed by atoms with Gasteiger partial charge in [0.05, 0.1) is 10.6 Å². The van der Waals surface area contributed by atoms with Crippen molar-refractivity contribution in [3.63, 3.8) is 0 Å². The minimum atomic E-state index is -3.84. The van der Waals surface area contributed by atoms with Crippen LogP contribution in [0.5, 0.6) is 0 Å². The Morgan fingerprint density at radius 3 is 2.11 bits per heavy atom. The molecule has 3 aromatic rings. The quantitative estimate of drug-likeness (QED) is 0.509. The molecule has 8 heteroatoms. The number of sulfonamides is 1. The Balaban J connectivity index is 1.69. The summed E-state index contributed by atoms with van der Waals surface area (Å²) < 4.78 is 27.4. The summed E-state index contributed by atoms with van der Waals surface area (Å²) in [5.41, 5.74) is 3.21. The number of hydrogen-bond acceptors (Lipinski definition) is 4. The summed E-state index contributed by atoms with van der Waals surface area (Å²) in [6, 6.07) is 20.3. The molecule has 3 aromatic carbocycles. The predicted molar refractivity (Wildman–Crippen MR) is 138 cm³/mol. The maximum Gasteiger partial charge on any atom is 0.264 e. The maximum absolute atomic E-state index is 13.1. The highest BCUT2D eigenvalue weighted by atomic mass is 32.2. The van der Waals surface area contributed by atoms with Crippen molar-refractivity contribution in [3.05, 3.63) is 95.1 Å². The molecule has 0 bridgehead atoms. The average Bonchev–Trinajstić information content (AvgIpc) is 2.86. The lowest BCUT2D eigenvalue weighted by atomic mass is 10.1. The molecule has 0 aliphatic rings. The van der Waals surface area contributed by atoms with Crippen molar-refractivity contribution < 1.29 is 18.0 Å². The third kappa shape index (κ3) is 6.08. The molecule has 0 heterocycles. The number of amides is 2. The molecule has 0 spiro atoms. The molecule has 0 radical (unpaired) electrons. The molecule has 3 rings (SSSR count). The lowest BCUT2D eigenvalue weighted by molar-refractivity contribution is 0.0754. The summed E-state index contributed by atoms with van der Waals surface area (Å²) in [7, 11) is -0.593. The first kappa shape index (κ1) is 26.0. The van der Waals surface area contributed by atoms with Crippen molar-refractivity contribution in [2.24, 2.45) is 0 Å². The second-order valence-corrected chi connectivity index (χ2v) is 10.7. The molecule has 35 heavy (non-hydrogen) atoms. The molecule has 0 unspecified atom stereocenters. The number of benzene rings is 3. The monoisotopic (exact) mass is 493 g/mol. The van der Waals surface area contributed by atoms with Gasteiger partial charge in [0, 0.05) is 37.8 Å². The van der Waals surface area contributed by atoms with Crippen molar-refractivity contribution in [2.75, 3.05) is 18.4 Å². The van der Waals surface area contributed by atoms with E-state index in [0.717, 1.165) is 11.1 Å². The van der Waals surface area contributed by atoms with Gasteiger partial charge in [-0.05, 0) is 68.8 Å². The van der Waals surface area contributed by atoms with Crippen LogP contribution in [0.1, 0.15) is 45.7 Å². The van der Waals surface area contributed by atoms with Gasteiger partial charge in [0.25, 0.3) is 21.8 Å². The Hall–Kier alpha value is -3.65. The van der Waals surface area contributed by atoms with Crippen LogP contribution in [-0.2, 0) is 16.6 Å². The zero-order valence-corrected chi connectivity index (χ0v) is 21.5. The first-order valence-corrected chi connectivity index (χ1v) is 12.7. The highest BCUT2D eigenvalue weighted by molar-refractivity contribution is 7.92. The number of rotatable bonds is 8. The molecule has 7 nitrogen and oxygen atoms in total. The van der Waals surface area contributed by atoms with Crippen LogP contribution in [0.4, 0.5) is 5.69 Å². The van der Waals surface area contributed by atoms with Gasteiger partial charge >= 0.3 is 0 Å². The number of carbonyl (C=O) groups is 2. The van der Waals surface area contributed by atoms with Gasteiger partial charge in [0.2, 0.25) is 0 Å². The van der Waals surface area contributed by atoms with Crippen LogP contribution in [0.2, 0.25) is 0 Å². The largest absolute Gasteiger partial charge is 0.348 e. The normalized spacial score (nSPS) is 11.3. The van der Waals surface area contributed by atoms with Crippen molar-refractivity contribution in [3.8, 4) is 0 Å². The third-order valence-electron chi connectivity index (χ3n) is 5.90. The van der Waals surface area contributed by atoms with E-state index < -0.39 is 10.0 Å². The summed E-state index contributed by atoms with van der Waals surface area (Å²) in [4.78, 5) is 26.8. The van der Waals surface area contributed by atoms with Crippen molar-refractivity contribution in [2.45, 2.75) is 38.3 Å². The van der Waals surface area contributed by atoms with E-state index in [1.807, 2.05) is 32.9 Å². The Morgan fingerprint density at radius 1 is 0.886 bits per heavy atom.